The van der Waals surface area contributed by atoms with E-state index in [2.05, 4.69) is 24.1 Å². The minimum atomic E-state index is 0.557. The Hall–Kier alpha value is -1.32. The molecule has 1 aromatic heterocycles. The van der Waals surface area contributed by atoms with Crippen LogP contribution in [0.25, 0.3) is 0 Å². The van der Waals surface area contributed by atoms with Crippen molar-refractivity contribution in [3.8, 4) is 5.88 Å². The van der Waals surface area contributed by atoms with Gasteiger partial charge in [0.05, 0.1) is 12.2 Å². The van der Waals surface area contributed by atoms with Gasteiger partial charge in [-0.2, -0.15) is 4.98 Å². The van der Waals surface area contributed by atoms with E-state index in [1.807, 2.05) is 0 Å². The van der Waals surface area contributed by atoms with Crippen LogP contribution >= 0.6 is 0 Å². The quantitative estimate of drug-likeness (QED) is 0.784. The van der Waals surface area contributed by atoms with Crippen molar-refractivity contribution in [3.63, 3.8) is 0 Å². The average Bonchev–Trinajstić information content (AvgIpc) is 3.26. The zero-order chi connectivity index (χ0) is 14.7. The molecule has 1 N–H and O–H groups in total. The molecule has 0 bridgehead atoms. The highest BCUT2D eigenvalue weighted by atomic mass is 16.5. The van der Waals surface area contributed by atoms with E-state index >= 15 is 0 Å². The molecule has 4 heteroatoms. The van der Waals surface area contributed by atoms with E-state index in [1.54, 1.807) is 0 Å². The number of rotatable bonds is 8. The molecule has 1 heterocycles. The Labute approximate surface area is 127 Å². The molecule has 2 aliphatic rings. The van der Waals surface area contributed by atoms with Gasteiger partial charge < -0.3 is 10.1 Å². The second-order valence-electron chi connectivity index (χ2n) is 6.50. The topological polar surface area (TPSA) is 47.0 Å². The van der Waals surface area contributed by atoms with Gasteiger partial charge in [0, 0.05) is 12.5 Å². The Balaban J connectivity index is 1.68. The number of ether oxygens (including phenoxy) is 1. The molecule has 0 saturated heterocycles. The van der Waals surface area contributed by atoms with Gasteiger partial charge in [-0.15, -0.1) is 0 Å². The van der Waals surface area contributed by atoms with Crippen LogP contribution in [0.4, 0.5) is 5.82 Å². The molecule has 0 aromatic carbocycles. The smallest absolute Gasteiger partial charge is 0.221 e. The fraction of sp³-hybridized carbons (Fsp3) is 0.765. The molecule has 2 aliphatic carbocycles. The van der Waals surface area contributed by atoms with Gasteiger partial charge in [-0.1, -0.05) is 26.2 Å². The number of aromatic nitrogens is 2. The fourth-order valence-electron chi connectivity index (χ4n) is 2.70. The third kappa shape index (κ3) is 3.66. The van der Waals surface area contributed by atoms with Crippen molar-refractivity contribution in [1.29, 1.82) is 0 Å². The Kier molecular flexibility index (Phi) is 4.61. The molecule has 0 aliphatic heterocycles. The SMILES string of the molecule is CCCNc1nc(C2CC2)nc(OCCC2CCC2)c1C. The molecule has 1 aromatic rings. The van der Waals surface area contributed by atoms with E-state index in [0.717, 1.165) is 48.6 Å². The Morgan fingerprint density at radius 2 is 2.00 bits per heavy atom. The van der Waals surface area contributed by atoms with Gasteiger partial charge in [-0.25, -0.2) is 4.98 Å². The summed E-state index contributed by atoms with van der Waals surface area (Å²) < 4.78 is 5.99. The number of hydrogen-bond acceptors (Lipinski definition) is 4. The van der Waals surface area contributed by atoms with Crippen LogP contribution in [0.1, 0.15) is 69.2 Å². The van der Waals surface area contributed by atoms with E-state index in [9.17, 15) is 0 Å². The summed E-state index contributed by atoms with van der Waals surface area (Å²) in [6, 6.07) is 0. The molecule has 3 rings (SSSR count). The molecule has 2 saturated carbocycles. The summed E-state index contributed by atoms with van der Waals surface area (Å²) in [5, 5.41) is 3.42. The van der Waals surface area contributed by atoms with Crippen molar-refractivity contribution in [1.82, 2.24) is 9.97 Å². The van der Waals surface area contributed by atoms with Crippen LogP contribution in [-0.4, -0.2) is 23.1 Å². The van der Waals surface area contributed by atoms with Crippen LogP contribution in [-0.2, 0) is 0 Å². The zero-order valence-electron chi connectivity index (χ0n) is 13.3. The number of anilines is 1. The van der Waals surface area contributed by atoms with Gasteiger partial charge in [0.2, 0.25) is 5.88 Å². The zero-order valence-corrected chi connectivity index (χ0v) is 13.3. The molecular weight excluding hydrogens is 262 g/mol. The van der Waals surface area contributed by atoms with Gasteiger partial charge in [-0.3, -0.25) is 0 Å². The third-order valence-corrected chi connectivity index (χ3v) is 4.59. The molecular formula is C17H27N3O. The monoisotopic (exact) mass is 289 g/mol. The number of hydrogen-bond donors (Lipinski definition) is 1. The lowest BCUT2D eigenvalue weighted by Crippen LogP contribution is -2.16. The normalized spacial score (nSPS) is 18.4. The Morgan fingerprint density at radius 1 is 1.19 bits per heavy atom. The summed E-state index contributed by atoms with van der Waals surface area (Å²) in [6.45, 7) is 5.97. The molecule has 0 spiro atoms. The molecule has 21 heavy (non-hydrogen) atoms. The van der Waals surface area contributed by atoms with E-state index in [0.29, 0.717) is 5.92 Å². The first-order valence-corrected chi connectivity index (χ1v) is 8.53. The minimum absolute atomic E-state index is 0.557. The van der Waals surface area contributed by atoms with Gasteiger partial charge in [0.15, 0.2) is 0 Å². The standard InChI is InChI=1S/C17H27N3O/c1-3-10-18-15-12(2)17(20-16(19-15)14-7-8-14)21-11-9-13-5-4-6-13/h13-14H,3-11H2,1-2H3,(H,18,19,20). The summed E-state index contributed by atoms with van der Waals surface area (Å²) in [5.74, 6) is 4.17. The first kappa shape index (κ1) is 14.6. The maximum absolute atomic E-state index is 5.99. The van der Waals surface area contributed by atoms with Gasteiger partial charge in [0.25, 0.3) is 0 Å². The first-order chi connectivity index (χ1) is 10.3. The molecule has 0 unspecified atom stereocenters. The highest BCUT2D eigenvalue weighted by molar-refractivity contribution is 5.49. The molecule has 0 radical (unpaired) electrons. The van der Waals surface area contributed by atoms with E-state index in [-0.39, 0.29) is 0 Å². The molecule has 2 fully saturated rings. The summed E-state index contributed by atoms with van der Waals surface area (Å²) >= 11 is 0. The van der Waals surface area contributed by atoms with Crippen molar-refractivity contribution >= 4 is 5.82 Å². The van der Waals surface area contributed by atoms with E-state index < -0.39 is 0 Å². The molecule has 4 nitrogen and oxygen atoms in total. The van der Waals surface area contributed by atoms with Crippen LogP contribution in [0.15, 0.2) is 0 Å². The summed E-state index contributed by atoms with van der Waals surface area (Å²) in [6.07, 6.45) is 8.86. The molecule has 0 amide bonds. The second kappa shape index (κ2) is 6.63. The van der Waals surface area contributed by atoms with Crippen LogP contribution in [0, 0.1) is 12.8 Å². The van der Waals surface area contributed by atoms with Gasteiger partial charge in [0.1, 0.15) is 11.6 Å². The Bertz CT molecular complexity index is 481. The lowest BCUT2D eigenvalue weighted by atomic mass is 9.83. The summed E-state index contributed by atoms with van der Waals surface area (Å²) in [5.41, 5.74) is 1.06. The highest BCUT2D eigenvalue weighted by Gasteiger charge is 2.28. The van der Waals surface area contributed by atoms with Crippen molar-refractivity contribution in [2.75, 3.05) is 18.5 Å². The van der Waals surface area contributed by atoms with E-state index in [1.165, 1.54) is 38.5 Å². The maximum atomic E-state index is 5.99. The number of nitrogens with one attached hydrogen (secondary N) is 1. The van der Waals surface area contributed by atoms with E-state index in [4.69, 9.17) is 9.72 Å². The average molecular weight is 289 g/mol. The van der Waals surface area contributed by atoms with Crippen molar-refractivity contribution < 1.29 is 4.74 Å². The van der Waals surface area contributed by atoms with Crippen LogP contribution in [0.2, 0.25) is 0 Å². The predicted molar refractivity (Wildman–Crippen MR) is 85.0 cm³/mol. The number of nitrogens with zero attached hydrogens (tertiary/aromatic N) is 2. The predicted octanol–water partition coefficient (Wildman–Crippen LogP) is 4.05. The van der Waals surface area contributed by atoms with Gasteiger partial charge >= 0.3 is 0 Å². The molecule has 116 valence electrons. The minimum Gasteiger partial charge on any atom is -0.477 e. The fourth-order valence-corrected chi connectivity index (χ4v) is 2.70. The van der Waals surface area contributed by atoms with Crippen LogP contribution in [0.3, 0.4) is 0 Å². The summed E-state index contributed by atoms with van der Waals surface area (Å²) in [7, 11) is 0. The highest BCUT2D eigenvalue weighted by Crippen LogP contribution is 2.40. The first-order valence-electron chi connectivity index (χ1n) is 8.53. The summed E-state index contributed by atoms with van der Waals surface area (Å²) in [4.78, 5) is 9.37. The second-order valence-corrected chi connectivity index (χ2v) is 6.50. The largest absolute Gasteiger partial charge is 0.477 e. The Morgan fingerprint density at radius 3 is 2.62 bits per heavy atom. The maximum Gasteiger partial charge on any atom is 0.221 e. The van der Waals surface area contributed by atoms with Crippen molar-refractivity contribution in [2.45, 2.75) is 64.7 Å². The van der Waals surface area contributed by atoms with Crippen molar-refractivity contribution in [3.05, 3.63) is 11.4 Å². The van der Waals surface area contributed by atoms with Gasteiger partial charge in [-0.05, 0) is 38.5 Å². The molecule has 0 atom stereocenters. The van der Waals surface area contributed by atoms with Crippen LogP contribution < -0.4 is 10.1 Å². The third-order valence-electron chi connectivity index (χ3n) is 4.59. The lowest BCUT2D eigenvalue weighted by Gasteiger charge is -2.25. The lowest BCUT2D eigenvalue weighted by molar-refractivity contribution is 0.216. The van der Waals surface area contributed by atoms with Crippen molar-refractivity contribution in [2.24, 2.45) is 5.92 Å². The van der Waals surface area contributed by atoms with Crippen LogP contribution in [0.5, 0.6) is 5.88 Å².